The van der Waals surface area contributed by atoms with Gasteiger partial charge in [-0.25, -0.2) is 0 Å². The summed E-state index contributed by atoms with van der Waals surface area (Å²) < 4.78 is 16.3. The minimum absolute atomic E-state index is 0.331. The lowest BCUT2D eigenvalue weighted by atomic mass is 9.91. The summed E-state index contributed by atoms with van der Waals surface area (Å²) >= 11 is 2.28. The molecule has 2 atom stereocenters. The van der Waals surface area contributed by atoms with Crippen molar-refractivity contribution in [2.45, 2.75) is 51.3 Å². The highest BCUT2D eigenvalue weighted by Gasteiger charge is 2.38. The Hall–Kier alpha value is -0.360. The molecule has 0 bridgehead atoms. The molecule has 1 heterocycles. The molecule has 0 aliphatic heterocycles. The molecule has 3 nitrogen and oxygen atoms in total. The van der Waals surface area contributed by atoms with Gasteiger partial charge in [-0.05, 0) is 53.2 Å². The molecule has 0 aromatic carbocycles. The van der Waals surface area contributed by atoms with Crippen LogP contribution in [0.15, 0.2) is 35.0 Å². The zero-order valence-corrected chi connectivity index (χ0v) is 15.2. The Morgan fingerprint density at radius 3 is 2.50 bits per heavy atom. The zero-order valence-electron chi connectivity index (χ0n) is 12.8. The summed E-state index contributed by atoms with van der Waals surface area (Å²) in [4.78, 5) is 4.43. The summed E-state index contributed by atoms with van der Waals surface area (Å²) in [6.07, 6.45) is 2.43. The molecule has 0 amide bonds. The molecule has 5 heteroatoms. The van der Waals surface area contributed by atoms with Crippen molar-refractivity contribution in [2.75, 3.05) is 0 Å². The van der Waals surface area contributed by atoms with Crippen LogP contribution in [0.4, 0.5) is 0 Å². The molecule has 1 rings (SSSR count). The van der Waals surface area contributed by atoms with Gasteiger partial charge < -0.3 is 4.55 Å². The summed E-state index contributed by atoms with van der Waals surface area (Å²) in [7, 11) is 0. The first-order valence-corrected chi connectivity index (χ1v) is 8.45. The maximum absolute atomic E-state index is 12.5. The molecule has 1 aromatic rings. The minimum Gasteiger partial charge on any atom is -0.598 e. The Bertz CT molecular complexity index is 487. The number of halogens is 1. The van der Waals surface area contributed by atoms with Gasteiger partial charge in [0.1, 0.15) is 10.3 Å². The van der Waals surface area contributed by atoms with Crippen molar-refractivity contribution >= 4 is 27.3 Å². The number of pyridine rings is 1. The summed E-state index contributed by atoms with van der Waals surface area (Å²) in [6.45, 7) is 13.8. The quantitative estimate of drug-likeness (QED) is 0.637. The van der Waals surface area contributed by atoms with E-state index in [2.05, 4.69) is 32.2 Å². The predicted octanol–water partition coefficient (Wildman–Crippen LogP) is 4.08. The predicted molar refractivity (Wildman–Crippen MR) is 89.8 cm³/mol. The molecule has 20 heavy (non-hydrogen) atoms. The molecule has 0 aliphatic carbocycles. The van der Waals surface area contributed by atoms with Gasteiger partial charge in [-0.3, -0.25) is 4.98 Å². The lowest BCUT2D eigenvalue weighted by Gasteiger charge is -2.34. The molecule has 0 unspecified atom stereocenters. The van der Waals surface area contributed by atoms with E-state index in [9.17, 15) is 4.55 Å². The largest absolute Gasteiger partial charge is 0.598 e. The fourth-order valence-corrected chi connectivity index (χ4v) is 3.07. The van der Waals surface area contributed by atoms with Crippen LogP contribution in [0.5, 0.6) is 0 Å². The van der Waals surface area contributed by atoms with E-state index in [-0.39, 0.29) is 4.75 Å². The van der Waals surface area contributed by atoms with Crippen LogP contribution in [0.25, 0.3) is 0 Å². The fourth-order valence-electron chi connectivity index (χ4n) is 1.85. The second-order valence-electron chi connectivity index (χ2n) is 6.31. The summed E-state index contributed by atoms with van der Waals surface area (Å²) in [6, 6.07) is 3.83. The minimum atomic E-state index is -1.18. The van der Waals surface area contributed by atoms with Gasteiger partial charge in [-0.15, -0.1) is 11.3 Å². The van der Waals surface area contributed by atoms with Crippen molar-refractivity contribution in [1.29, 1.82) is 0 Å². The van der Waals surface area contributed by atoms with Crippen LogP contribution in [-0.2, 0) is 16.9 Å². The zero-order chi connectivity index (χ0) is 15.6. The lowest BCUT2D eigenvalue weighted by molar-refractivity contribution is 0.407. The standard InChI is InChI=1S/C15H23BrN2OS/c1-11(2)10-15(6,18-20(19)14(3,4)5)13-9-12(16)7-8-17-13/h7-9,18H,1,10H2,2-6H3/t15-,20+/m0/s1. The van der Waals surface area contributed by atoms with E-state index in [1.54, 1.807) is 6.20 Å². The molecule has 1 N–H and O–H groups in total. The number of nitrogens with one attached hydrogen (secondary N) is 1. The molecule has 112 valence electrons. The van der Waals surface area contributed by atoms with E-state index in [4.69, 9.17) is 0 Å². The Balaban J connectivity index is 3.13. The third-order valence-electron chi connectivity index (χ3n) is 2.82. The first-order valence-electron chi connectivity index (χ1n) is 6.51. The fraction of sp³-hybridized carbons (Fsp3) is 0.533. The highest BCUT2D eigenvalue weighted by atomic mass is 79.9. The van der Waals surface area contributed by atoms with Crippen molar-refractivity contribution in [3.63, 3.8) is 0 Å². The lowest BCUT2D eigenvalue weighted by Crippen LogP contribution is -2.50. The molecule has 0 saturated heterocycles. The average Bonchev–Trinajstić information content (AvgIpc) is 2.26. The van der Waals surface area contributed by atoms with Gasteiger partial charge in [0, 0.05) is 22.0 Å². The monoisotopic (exact) mass is 358 g/mol. The number of hydrogen-bond donors (Lipinski definition) is 1. The topological polar surface area (TPSA) is 48.0 Å². The molecule has 0 radical (unpaired) electrons. The number of hydrogen-bond acceptors (Lipinski definition) is 3. The molecule has 0 saturated carbocycles. The SMILES string of the molecule is C=C(C)C[C@](C)(N[S@+]([O-])C(C)(C)C)c1cc(Br)ccn1. The van der Waals surface area contributed by atoms with E-state index in [1.165, 1.54) is 0 Å². The molecule has 0 spiro atoms. The van der Waals surface area contributed by atoms with Crippen LogP contribution in [0, 0.1) is 0 Å². The number of aromatic nitrogens is 1. The van der Waals surface area contributed by atoms with E-state index in [1.807, 2.05) is 46.8 Å². The highest BCUT2D eigenvalue weighted by molar-refractivity contribution is 9.10. The van der Waals surface area contributed by atoms with Crippen molar-refractivity contribution in [3.05, 3.63) is 40.6 Å². The van der Waals surface area contributed by atoms with Crippen LogP contribution in [0.3, 0.4) is 0 Å². The van der Waals surface area contributed by atoms with Crippen molar-refractivity contribution in [2.24, 2.45) is 0 Å². The second kappa shape index (κ2) is 6.60. The number of nitrogens with zero attached hydrogens (tertiary/aromatic N) is 1. The highest BCUT2D eigenvalue weighted by Crippen LogP contribution is 2.30. The maximum Gasteiger partial charge on any atom is 0.136 e. The third kappa shape index (κ3) is 4.88. The van der Waals surface area contributed by atoms with Crippen LogP contribution in [0.1, 0.15) is 46.7 Å². The molecule has 1 aromatic heterocycles. The first kappa shape index (κ1) is 17.7. The first-order chi connectivity index (χ1) is 9.04. The Kier molecular flexibility index (Phi) is 5.84. The van der Waals surface area contributed by atoms with Crippen molar-refractivity contribution in [1.82, 2.24) is 9.71 Å². The molecular formula is C15H23BrN2OS. The van der Waals surface area contributed by atoms with Gasteiger partial charge in [-0.1, -0.05) is 21.5 Å². The van der Waals surface area contributed by atoms with Gasteiger partial charge in [0.2, 0.25) is 0 Å². The average molecular weight is 359 g/mol. The van der Waals surface area contributed by atoms with Crippen molar-refractivity contribution in [3.8, 4) is 0 Å². The van der Waals surface area contributed by atoms with Gasteiger partial charge in [0.05, 0.1) is 5.69 Å². The molecule has 0 fully saturated rings. The Morgan fingerprint density at radius 1 is 1.45 bits per heavy atom. The maximum atomic E-state index is 12.5. The Morgan fingerprint density at radius 2 is 2.05 bits per heavy atom. The van der Waals surface area contributed by atoms with Gasteiger partial charge in [0.15, 0.2) is 0 Å². The smallest absolute Gasteiger partial charge is 0.136 e. The van der Waals surface area contributed by atoms with E-state index >= 15 is 0 Å². The normalized spacial score (nSPS) is 16.6. The van der Waals surface area contributed by atoms with Crippen LogP contribution in [0.2, 0.25) is 0 Å². The molecular weight excluding hydrogens is 336 g/mol. The van der Waals surface area contributed by atoms with Gasteiger partial charge >= 0.3 is 0 Å². The van der Waals surface area contributed by atoms with Gasteiger partial charge in [0.25, 0.3) is 0 Å². The third-order valence-corrected chi connectivity index (χ3v) is 5.06. The van der Waals surface area contributed by atoms with Crippen molar-refractivity contribution < 1.29 is 4.55 Å². The summed E-state index contributed by atoms with van der Waals surface area (Å²) in [5.41, 5.74) is 1.37. The molecule has 0 aliphatic rings. The van der Waals surface area contributed by atoms with Crippen LogP contribution in [-0.4, -0.2) is 14.3 Å². The van der Waals surface area contributed by atoms with E-state index in [0.717, 1.165) is 15.7 Å². The second-order valence-corrected chi connectivity index (χ2v) is 9.19. The van der Waals surface area contributed by atoms with Gasteiger partial charge in [-0.2, -0.15) is 0 Å². The number of rotatable bonds is 5. The summed E-state index contributed by atoms with van der Waals surface area (Å²) in [5.74, 6) is 0. The van der Waals surface area contributed by atoms with E-state index < -0.39 is 16.9 Å². The Labute approximate surface area is 133 Å². The summed E-state index contributed by atoms with van der Waals surface area (Å²) in [5, 5.41) is 0. The van der Waals surface area contributed by atoms with Crippen LogP contribution >= 0.6 is 15.9 Å². The van der Waals surface area contributed by atoms with E-state index in [0.29, 0.717) is 6.42 Å². The van der Waals surface area contributed by atoms with Crippen LogP contribution < -0.4 is 4.72 Å².